The molecule has 1 N–H and O–H groups in total. The molecule has 150 valence electrons. The van der Waals surface area contributed by atoms with E-state index in [0.717, 1.165) is 25.7 Å². The molecule has 2 atom stereocenters. The summed E-state index contributed by atoms with van der Waals surface area (Å²) in [5, 5.41) is 20.7. The Morgan fingerprint density at radius 2 is 1.30 bits per heavy atom. The Morgan fingerprint density at radius 1 is 0.852 bits per heavy atom. The summed E-state index contributed by atoms with van der Waals surface area (Å²) in [7, 11) is 0. The zero-order valence-electron chi connectivity index (χ0n) is 16.3. The Bertz CT molecular complexity index is 532. The van der Waals surface area contributed by atoms with E-state index >= 15 is 0 Å². The number of hydrogen-bond donors (Lipinski definition) is 1. The molecule has 0 aliphatic rings. The number of rotatable bonds is 16. The molecule has 27 heavy (non-hydrogen) atoms. The van der Waals surface area contributed by atoms with Crippen molar-refractivity contribution in [2.75, 3.05) is 0 Å². The minimum atomic E-state index is -1.09. The van der Waals surface area contributed by atoms with Gasteiger partial charge in [-0.3, -0.25) is 10.1 Å². The van der Waals surface area contributed by atoms with Gasteiger partial charge in [-0.25, -0.2) is 0 Å². The molecule has 0 rings (SSSR count). The summed E-state index contributed by atoms with van der Waals surface area (Å²) < 4.78 is 0. The number of aldehydes is 1. The molecule has 0 aliphatic carbocycles. The molecule has 0 aromatic carbocycles. The van der Waals surface area contributed by atoms with Gasteiger partial charge in [0.2, 0.25) is 6.04 Å². The van der Waals surface area contributed by atoms with Gasteiger partial charge in [-0.15, -0.1) is 0 Å². The van der Waals surface area contributed by atoms with Crippen molar-refractivity contribution in [3.63, 3.8) is 0 Å². The highest BCUT2D eigenvalue weighted by Crippen LogP contribution is 2.10. The summed E-state index contributed by atoms with van der Waals surface area (Å²) in [6, 6.07) is -1.06. The molecule has 0 saturated heterocycles. The Hall–Kier alpha value is -2.27. The van der Waals surface area contributed by atoms with Gasteiger partial charge in [0.15, 0.2) is 0 Å². The molecule has 0 bridgehead atoms. The molecule has 0 heterocycles. The van der Waals surface area contributed by atoms with Gasteiger partial charge >= 0.3 is 0 Å². The highest BCUT2D eigenvalue weighted by Gasteiger charge is 2.27. The Morgan fingerprint density at radius 3 is 1.70 bits per heavy atom. The van der Waals surface area contributed by atoms with Crippen molar-refractivity contribution in [1.82, 2.24) is 0 Å². The average Bonchev–Trinajstić information content (AvgIpc) is 2.65. The van der Waals surface area contributed by atoms with Gasteiger partial charge in [0.1, 0.15) is 12.4 Å². The van der Waals surface area contributed by atoms with Crippen LogP contribution in [-0.4, -0.2) is 28.5 Å². The van der Waals surface area contributed by atoms with Crippen molar-refractivity contribution in [2.45, 2.75) is 70.4 Å². The molecule has 0 radical (unpaired) electrons. The summed E-state index contributed by atoms with van der Waals surface area (Å²) in [5.74, 6) is 0. The van der Waals surface area contributed by atoms with Crippen molar-refractivity contribution in [2.24, 2.45) is 0 Å². The molecule has 2 unspecified atom stereocenters. The molecule has 0 aromatic heterocycles. The van der Waals surface area contributed by atoms with Gasteiger partial charge < -0.3 is 9.90 Å². The summed E-state index contributed by atoms with van der Waals surface area (Å²) in [4.78, 5) is 20.8. The number of nitro groups is 1. The molecule has 0 aromatic rings. The second kappa shape index (κ2) is 18.5. The predicted molar refractivity (Wildman–Crippen MR) is 111 cm³/mol. The van der Waals surface area contributed by atoms with E-state index in [9.17, 15) is 20.0 Å². The van der Waals surface area contributed by atoms with Crippen molar-refractivity contribution >= 4 is 6.29 Å². The second-order valence-corrected chi connectivity index (χ2v) is 6.11. The molecule has 5 nitrogen and oxygen atoms in total. The van der Waals surface area contributed by atoms with Crippen LogP contribution in [0.5, 0.6) is 0 Å². The monoisotopic (exact) mass is 375 g/mol. The maximum Gasteiger partial charge on any atom is 0.241 e. The Balaban J connectivity index is 3.93. The van der Waals surface area contributed by atoms with Crippen LogP contribution in [0.15, 0.2) is 60.8 Å². The van der Waals surface area contributed by atoms with Crippen LogP contribution < -0.4 is 0 Å². The lowest BCUT2D eigenvalue weighted by Crippen LogP contribution is -2.33. The SMILES string of the molecule is CC/C=C\C/C=C\C/C=C\C/C=C\C/C=C\CC(C(O)CCC=O)[N+](=O)[O-]. The third-order valence-electron chi connectivity index (χ3n) is 3.83. The van der Waals surface area contributed by atoms with E-state index in [1.54, 1.807) is 6.08 Å². The standard InChI is InChI=1S/C22H33NO4/c1-2-3-4-5-6-7-8-9-10-11-12-13-14-15-16-18-21(23(26)27)22(25)19-17-20-24/h3-4,6-7,9-10,12-13,15-16,20-22,25H,2,5,8,11,14,17-19H2,1H3/b4-3-,7-6-,10-9-,13-12-,16-15-. The molecule has 0 spiro atoms. The van der Waals surface area contributed by atoms with E-state index in [4.69, 9.17) is 0 Å². The number of allylic oxidation sites excluding steroid dienone is 9. The van der Waals surface area contributed by atoms with Gasteiger partial charge in [-0.1, -0.05) is 67.7 Å². The summed E-state index contributed by atoms with van der Waals surface area (Å²) in [5.41, 5.74) is 0. The Labute approximate surface area is 163 Å². The minimum Gasteiger partial charge on any atom is -0.386 e. The van der Waals surface area contributed by atoms with E-state index < -0.39 is 17.1 Å². The van der Waals surface area contributed by atoms with Crippen LogP contribution in [0, 0.1) is 10.1 Å². The Kier molecular flexibility index (Phi) is 17.0. The van der Waals surface area contributed by atoms with Crippen LogP contribution >= 0.6 is 0 Å². The average molecular weight is 376 g/mol. The molecular weight excluding hydrogens is 342 g/mol. The smallest absolute Gasteiger partial charge is 0.241 e. The fourth-order valence-corrected chi connectivity index (χ4v) is 2.30. The van der Waals surface area contributed by atoms with Crippen LogP contribution in [0.2, 0.25) is 0 Å². The number of carbonyl (C=O) groups is 1. The van der Waals surface area contributed by atoms with Crippen molar-refractivity contribution in [1.29, 1.82) is 0 Å². The highest BCUT2D eigenvalue weighted by atomic mass is 16.6. The lowest BCUT2D eigenvalue weighted by molar-refractivity contribution is -0.533. The largest absolute Gasteiger partial charge is 0.386 e. The molecule has 0 fully saturated rings. The first-order chi connectivity index (χ1) is 13.1. The third kappa shape index (κ3) is 15.7. The van der Waals surface area contributed by atoms with Gasteiger partial charge in [0.05, 0.1) is 0 Å². The quantitative estimate of drug-likeness (QED) is 0.176. The van der Waals surface area contributed by atoms with Crippen LogP contribution in [-0.2, 0) is 4.79 Å². The number of carbonyl (C=O) groups excluding carboxylic acids is 1. The first-order valence-corrected chi connectivity index (χ1v) is 9.63. The number of aliphatic hydroxyl groups is 1. The zero-order chi connectivity index (χ0) is 20.2. The lowest BCUT2D eigenvalue weighted by Gasteiger charge is -2.13. The number of hydrogen-bond acceptors (Lipinski definition) is 4. The molecule has 5 heteroatoms. The number of aliphatic hydroxyl groups excluding tert-OH is 1. The van der Waals surface area contributed by atoms with E-state index in [0.29, 0.717) is 12.7 Å². The van der Waals surface area contributed by atoms with Crippen molar-refractivity contribution in [3.8, 4) is 0 Å². The van der Waals surface area contributed by atoms with Gasteiger partial charge in [0, 0.05) is 17.8 Å². The molecule has 0 amide bonds. The normalized spacial score (nSPS) is 14.9. The zero-order valence-corrected chi connectivity index (χ0v) is 16.3. The topological polar surface area (TPSA) is 80.4 Å². The van der Waals surface area contributed by atoms with E-state index in [1.165, 1.54) is 0 Å². The molecule has 0 saturated carbocycles. The predicted octanol–water partition coefficient (Wildman–Crippen LogP) is 5.11. The summed E-state index contributed by atoms with van der Waals surface area (Å²) in [6.07, 6.45) is 25.1. The first-order valence-electron chi connectivity index (χ1n) is 9.63. The third-order valence-corrected chi connectivity index (χ3v) is 3.83. The van der Waals surface area contributed by atoms with Gasteiger partial charge in [-0.2, -0.15) is 0 Å². The summed E-state index contributed by atoms with van der Waals surface area (Å²) in [6.45, 7) is 2.12. The van der Waals surface area contributed by atoms with Gasteiger partial charge in [-0.05, 0) is 38.5 Å². The number of nitrogens with zero attached hydrogens (tertiary/aromatic N) is 1. The van der Waals surface area contributed by atoms with Crippen LogP contribution in [0.4, 0.5) is 0 Å². The minimum absolute atomic E-state index is 0.125. The molecule has 0 aliphatic heterocycles. The molecular formula is C22H33NO4. The van der Waals surface area contributed by atoms with Crippen LogP contribution in [0.1, 0.15) is 58.3 Å². The van der Waals surface area contributed by atoms with Crippen LogP contribution in [0.3, 0.4) is 0 Å². The fraction of sp³-hybridized carbons (Fsp3) is 0.500. The first kappa shape index (κ1) is 24.7. The lowest BCUT2D eigenvalue weighted by atomic mass is 10.0. The fourth-order valence-electron chi connectivity index (χ4n) is 2.30. The summed E-state index contributed by atoms with van der Waals surface area (Å²) >= 11 is 0. The van der Waals surface area contributed by atoms with Crippen molar-refractivity contribution in [3.05, 3.63) is 70.9 Å². The maximum absolute atomic E-state index is 11.0. The maximum atomic E-state index is 11.0. The van der Waals surface area contributed by atoms with Crippen molar-refractivity contribution < 1.29 is 14.8 Å². The second-order valence-electron chi connectivity index (χ2n) is 6.11. The van der Waals surface area contributed by atoms with E-state index in [-0.39, 0.29) is 19.3 Å². The van der Waals surface area contributed by atoms with Gasteiger partial charge in [0.25, 0.3) is 0 Å². The van der Waals surface area contributed by atoms with E-state index in [1.807, 2.05) is 12.2 Å². The van der Waals surface area contributed by atoms with E-state index in [2.05, 4.69) is 49.5 Å². The van der Waals surface area contributed by atoms with Crippen LogP contribution in [0.25, 0.3) is 0 Å². The highest BCUT2D eigenvalue weighted by molar-refractivity contribution is 5.49.